The monoisotopic (exact) mass is 180 g/mol. The molecule has 4 nitrogen and oxygen atoms in total. The van der Waals surface area contributed by atoms with Gasteiger partial charge in [-0.1, -0.05) is 6.92 Å². The van der Waals surface area contributed by atoms with Gasteiger partial charge in [-0.15, -0.1) is 0 Å². The number of hydrogen-bond acceptors (Lipinski definition) is 4. The molecule has 0 saturated heterocycles. The molecule has 0 aliphatic heterocycles. The fraction of sp³-hybridized carbons (Fsp3) is 0.333. The Morgan fingerprint density at radius 2 is 2.38 bits per heavy atom. The van der Waals surface area contributed by atoms with Gasteiger partial charge in [0, 0.05) is 18.2 Å². The molecule has 0 amide bonds. The van der Waals surface area contributed by atoms with E-state index < -0.39 is 0 Å². The number of aromatic nitrogens is 1. The quantitative estimate of drug-likeness (QED) is 0.711. The van der Waals surface area contributed by atoms with Crippen LogP contribution in [0.25, 0.3) is 0 Å². The van der Waals surface area contributed by atoms with E-state index in [2.05, 4.69) is 4.98 Å². The van der Waals surface area contributed by atoms with Crippen molar-refractivity contribution in [2.24, 2.45) is 0 Å². The maximum absolute atomic E-state index is 11.2. The number of ketones is 1. The van der Waals surface area contributed by atoms with E-state index in [1.807, 2.05) is 0 Å². The van der Waals surface area contributed by atoms with E-state index in [-0.39, 0.29) is 5.78 Å². The van der Waals surface area contributed by atoms with Gasteiger partial charge in [-0.3, -0.25) is 4.79 Å². The number of nitrogens with zero attached hydrogens (tertiary/aromatic N) is 1. The molecular weight excluding hydrogens is 168 g/mol. The predicted octanol–water partition coefficient (Wildman–Crippen LogP) is 1.27. The summed E-state index contributed by atoms with van der Waals surface area (Å²) in [5, 5.41) is 0. The molecule has 0 aliphatic carbocycles. The third-order valence-electron chi connectivity index (χ3n) is 1.72. The van der Waals surface area contributed by atoms with Crippen molar-refractivity contribution in [3.8, 4) is 5.88 Å². The van der Waals surface area contributed by atoms with Crippen LogP contribution in [0.15, 0.2) is 12.3 Å². The molecule has 0 bridgehead atoms. The molecule has 70 valence electrons. The minimum Gasteiger partial charge on any atom is -0.480 e. The molecule has 0 atom stereocenters. The molecule has 1 aromatic heterocycles. The number of pyridine rings is 1. The lowest BCUT2D eigenvalue weighted by atomic mass is 10.1. The lowest BCUT2D eigenvalue weighted by Gasteiger charge is -2.03. The van der Waals surface area contributed by atoms with Gasteiger partial charge in [0.2, 0.25) is 5.88 Å². The van der Waals surface area contributed by atoms with E-state index in [1.165, 1.54) is 13.3 Å². The second-order valence-electron chi connectivity index (χ2n) is 2.60. The number of carbonyl (C=O) groups is 1. The van der Waals surface area contributed by atoms with E-state index in [9.17, 15) is 4.79 Å². The van der Waals surface area contributed by atoms with Crippen LogP contribution in [0, 0.1) is 0 Å². The number of nitrogens with two attached hydrogens (primary N) is 1. The van der Waals surface area contributed by atoms with Crippen LogP contribution in [0.2, 0.25) is 0 Å². The fourth-order valence-electron chi connectivity index (χ4n) is 0.996. The zero-order chi connectivity index (χ0) is 9.84. The highest BCUT2D eigenvalue weighted by Crippen LogP contribution is 2.18. The normalized spacial score (nSPS) is 9.69. The Morgan fingerprint density at radius 1 is 1.69 bits per heavy atom. The molecule has 0 unspecified atom stereocenters. The highest BCUT2D eigenvalue weighted by molar-refractivity contribution is 5.96. The summed E-state index contributed by atoms with van der Waals surface area (Å²) in [5.41, 5.74) is 6.50. The minimum atomic E-state index is 0.0295. The van der Waals surface area contributed by atoms with Gasteiger partial charge < -0.3 is 10.5 Å². The largest absolute Gasteiger partial charge is 0.480 e. The molecule has 1 aromatic rings. The minimum absolute atomic E-state index is 0.0295. The summed E-state index contributed by atoms with van der Waals surface area (Å²) in [5.74, 6) is 0.384. The molecule has 0 saturated carbocycles. The summed E-state index contributed by atoms with van der Waals surface area (Å²) in [6.07, 6.45) is 1.93. The van der Waals surface area contributed by atoms with Crippen LogP contribution in [0.4, 0.5) is 5.69 Å². The van der Waals surface area contributed by atoms with E-state index in [1.54, 1.807) is 13.0 Å². The second kappa shape index (κ2) is 3.89. The topological polar surface area (TPSA) is 65.2 Å². The van der Waals surface area contributed by atoms with Gasteiger partial charge >= 0.3 is 0 Å². The number of nitrogen functional groups attached to an aromatic ring is 1. The van der Waals surface area contributed by atoms with Crippen molar-refractivity contribution >= 4 is 11.5 Å². The molecule has 0 aromatic carbocycles. The highest BCUT2D eigenvalue weighted by atomic mass is 16.5. The Hall–Kier alpha value is -1.58. The lowest BCUT2D eigenvalue weighted by Crippen LogP contribution is -2.01. The average molecular weight is 180 g/mol. The molecule has 0 aliphatic rings. The molecule has 4 heteroatoms. The summed E-state index contributed by atoms with van der Waals surface area (Å²) in [4.78, 5) is 15.1. The zero-order valence-corrected chi connectivity index (χ0v) is 7.70. The Labute approximate surface area is 76.7 Å². The van der Waals surface area contributed by atoms with Crippen molar-refractivity contribution in [2.75, 3.05) is 12.8 Å². The van der Waals surface area contributed by atoms with Crippen molar-refractivity contribution in [3.63, 3.8) is 0 Å². The Morgan fingerprint density at radius 3 is 2.85 bits per heavy atom. The van der Waals surface area contributed by atoms with Crippen LogP contribution in [0.3, 0.4) is 0 Å². The Kier molecular flexibility index (Phi) is 2.84. The number of ether oxygens (including phenoxy) is 1. The van der Waals surface area contributed by atoms with E-state index in [0.717, 1.165) is 0 Å². The van der Waals surface area contributed by atoms with Crippen LogP contribution in [-0.4, -0.2) is 17.9 Å². The first kappa shape index (κ1) is 9.51. The van der Waals surface area contributed by atoms with E-state index in [4.69, 9.17) is 10.5 Å². The first-order valence-electron chi connectivity index (χ1n) is 4.01. The maximum Gasteiger partial charge on any atom is 0.236 e. The van der Waals surface area contributed by atoms with Crippen molar-refractivity contribution in [3.05, 3.63) is 17.8 Å². The second-order valence-corrected chi connectivity index (χ2v) is 2.60. The molecule has 1 heterocycles. The number of hydrogen-bond donors (Lipinski definition) is 1. The number of methoxy groups -OCH3 is 1. The number of anilines is 1. The standard InChI is InChI=1S/C9H12N2O2/c1-3-8(12)6-4-7(10)9(13-2)11-5-6/h4-5H,3,10H2,1-2H3. The van der Waals surface area contributed by atoms with Gasteiger partial charge in [-0.25, -0.2) is 4.98 Å². The fourth-order valence-corrected chi connectivity index (χ4v) is 0.996. The predicted molar refractivity (Wildman–Crippen MR) is 49.8 cm³/mol. The SMILES string of the molecule is CCC(=O)c1cnc(OC)c(N)c1. The highest BCUT2D eigenvalue weighted by Gasteiger charge is 2.07. The van der Waals surface area contributed by atoms with Crippen molar-refractivity contribution < 1.29 is 9.53 Å². The zero-order valence-electron chi connectivity index (χ0n) is 7.70. The van der Waals surface area contributed by atoms with Crippen molar-refractivity contribution in [2.45, 2.75) is 13.3 Å². The van der Waals surface area contributed by atoms with Crippen LogP contribution < -0.4 is 10.5 Å². The van der Waals surface area contributed by atoms with Gasteiger partial charge in [-0.2, -0.15) is 0 Å². The molecule has 0 radical (unpaired) electrons. The van der Waals surface area contributed by atoms with Crippen LogP contribution in [0.5, 0.6) is 5.88 Å². The molecule has 0 fully saturated rings. The summed E-state index contributed by atoms with van der Waals surface area (Å²) in [6, 6.07) is 1.58. The van der Waals surface area contributed by atoms with Crippen LogP contribution in [0.1, 0.15) is 23.7 Å². The van der Waals surface area contributed by atoms with Gasteiger partial charge in [0.25, 0.3) is 0 Å². The molecule has 0 spiro atoms. The Bertz CT molecular complexity index is 323. The number of carbonyl (C=O) groups excluding carboxylic acids is 1. The maximum atomic E-state index is 11.2. The molecule has 2 N–H and O–H groups in total. The molecular formula is C9H12N2O2. The molecule has 13 heavy (non-hydrogen) atoms. The lowest BCUT2D eigenvalue weighted by molar-refractivity contribution is 0.0988. The smallest absolute Gasteiger partial charge is 0.236 e. The summed E-state index contributed by atoms with van der Waals surface area (Å²) < 4.78 is 4.87. The van der Waals surface area contributed by atoms with Gasteiger partial charge in [0.15, 0.2) is 5.78 Å². The number of rotatable bonds is 3. The van der Waals surface area contributed by atoms with Gasteiger partial charge in [0.1, 0.15) is 0 Å². The third-order valence-corrected chi connectivity index (χ3v) is 1.72. The Balaban J connectivity index is 3.02. The van der Waals surface area contributed by atoms with Crippen molar-refractivity contribution in [1.29, 1.82) is 0 Å². The first-order chi connectivity index (χ1) is 6.19. The summed E-state index contributed by atoms with van der Waals surface area (Å²) in [7, 11) is 1.49. The van der Waals surface area contributed by atoms with Crippen LogP contribution >= 0.6 is 0 Å². The van der Waals surface area contributed by atoms with Gasteiger partial charge in [-0.05, 0) is 6.07 Å². The third kappa shape index (κ3) is 1.96. The summed E-state index contributed by atoms with van der Waals surface area (Å²) in [6.45, 7) is 1.79. The van der Waals surface area contributed by atoms with Crippen LogP contribution in [-0.2, 0) is 0 Å². The number of Topliss-reactive ketones (excluding diaryl/α,β-unsaturated/α-hetero) is 1. The van der Waals surface area contributed by atoms with Gasteiger partial charge in [0.05, 0.1) is 12.8 Å². The first-order valence-corrected chi connectivity index (χ1v) is 4.01. The van der Waals surface area contributed by atoms with E-state index in [0.29, 0.717) is 23.6 Å². The summed E-state index contributed by atoms with van der Waals surface area (Å²) >= 11 is 0. The van der Waals surface area contributed by atoms with Crippen molar-refractivity contribution in [1.82, 2.24) is 4.98 Å². The van der Waals surface area contributed by atoms with E-state index >= 15 is 0 Å². The molecule has 1 rings (SSSR count). The average Bonchev–Trinajstić information content (AvgIpc) is 2.16.